The number of primary amides is 1. The summed E-state index contributed by atoms with van der Waals surface area (Å²) in [7, 11) is 0. The van der Waals surface area contributed by atoms with Gasteiger partial charge in [0.2, 0.25) is 0 Å². The van der Waals surface area contributed by atoms with E-state index >= 15 is 0 Å². The van der Waals surface area contributed by atoms with Gasteiger partial charge in [-0.1, -0.05) is 32.9 Å². The molecular formula is C29H40N4O4. The number of nitrogens with one attached hydrogen (secondary N) is 2. The number of hydrogen-bond donors (Lipinski definition) is 4. The van der Waals surface area contributed by atoms with Gasteiger partial charge in [-0.2, -0.15) is 0 Å². The molecule has 0 saturated heterocycles. The standard InChI is InChI=1S/C29H40N4O4/c1-6-21-19(15-31-20(17-34)12-18(4)5)10-9-11-24(21)33-28-22-13-26(36-7-2)27(37-8-3)14-25(22)32-16-23(28)29(30)35/h9-11,13-14,16,18,20,31,34H,6-8,12,15,17H2,1-5H3,(H2,30,35)(H,32,33)/t20-/m0/s1. The molecule has 0 spiro atoms. The van der Waals surface area contributed by atoms with E-state index in [0.29, 0.717) is 59.3 Å². The van der Waals surface area contributed by atoms with Gasteiger partial charge in [0.05, 0.1) is 36.6 Å². The molecule has 8 heteroatoms. The lowest BCUT2D eigenvalue weighted by molar-refractivity contribution is 0.100. The fourth-order valence-corrected chi connectivity index (χ4v) is 4.57. The number of carbonyl (C=O) groups excluding carboxylic acids is 1. The molecule has 0 aliphatic rings. The second kappa shape index (κ2) is 13.3. The fraction of sp³-hybridized carbons (Fsp3) is 0.448. The molecule has 0 aliphatic heterocycles. The third-order valence-electron chi connectivity index (χ3n) is 6.24. The molecule has 3 aromatic rings. The van der Waals surface area contributed by atoms with Gasteiger partial charge in [-0.25, -0.2) is 0 Å². The molecule has 2 aromatic carbocycles. The SMILES string of the molecule is CCOc1cc2ncc(C(N)=O)c(Nc3cccc(CN[C@H](CO)CC(C)C)c3CC)c2cc1OCC. The maximum absolute atomic E-state index is 12.4. The van der Waals surface area contributed by atoms with Gasteiger partial charge < -0.3 is 30.9 Å². The molecule has 0 bridgehead atoms. The largest absolute Gasteiger partial charge is 0.490 e. The predicted molar refractivity (Wildman–Crippen MR) is 149 cm³/mol. The van der Waals surface area contributed by atoms with E-state index < -0.39 is 5.91 Å². The predicted octanol–water partition coefficient (Wildman–Crippen LogP) is 4.93. The number of aromatic nitrogens is 1. The van der Waals surface area contributed by atoms with Crippen LogP contribution in [0.2, 0.25) is 0 Å². The van der Waals surface area contributed by atoms with Crippen molar-refractivity contribution < 1.29 is 19.4 Å². The number of aliphatic hydroxyl groups excluding tert-OH is 1. The minimum Gasteiger partial charge on any atom is -0.490 e. The van der Waals surface area contributed by atoms with Gasteiger partial charge in [0.1, 0.15) is 0 Å². The minimum atomic E-state index is -0.570. The molecule has 37 heavy (non-hydrogen) atoms. The maximum Gasteiger partial charge on any atom is 0.252 e. The second-order valence-electron chi connectivity index (χ2n) is 9.40. The third kappa shape index (κ3) is 6.90. The first-order valence-corrected chi connectivity index (χ1v) is 13.1. The summed E-state index contributed by atoms with van der Waals surface area (Å²) >= 11 is 0. The normalized spacial score (nSPS) is 12.1. The quantitative estimate of drug-likeness (QED) is 0.244. The lowest BCUT2D eigenvalue weighted by atomic mass is 10.00. The summed E-state index contributed by atoms with van der Waals surface area (Å²) in [5, 5.41) is 17.5. The van der Waals surface area contributed by atoms with Crippen molar-refractivity contribution in [1.82, 2.24) is 10.3 Å². The van der Waals surface area contributed by atoms with E-state index in [-0.39, 0.29) is 12.6 Å². The van der Waals surface area contributed by atoms with Crippen molar-refractivity contribution in [1.29, 1.82) is 0 Å². The number of nitrogens with zero attached hydrogens (tertiary/aromatic N) is 1. The topological polar surface area (TPSA) is 119 Å². The number of amides is 1. The van der Waals surface area contributed by atoms with E-state index in [1.165, 1.54) is 6.20 Å². The van der Waals surface area contributed by atoms with E-state index in [1.54, 1.807) is 0 Å². The monoisotopic (exact) mass is 508 g/mol. The van der Waals surface area contributed by atoms with Gasteiger partial charge in [0, 0.05) is 35.9 Å². The molecule has 1 amide bonds. The first kappa shape index (κ1) is 28.2. The van der Waals surface area contributed by atoms with Crippen LogP contribution in [-0.4, -0.2) is 41.9 Å². The Labute approximate surface area is 219 Å². The zero-order valence-corrected chi connectivity index (χ0v) is 22.6. The molecule has 3 rings (SSSR count). The molecule has 1 aromatic heterocycles. The van der Waals surface area contributed by atoms with Gasteiger partial charge in [-0.15, -0.1) is 0 Å². The number of carbonyl (C=O) groups is 1. The Morgan fingerprint density at radius 1 is 1.11 bits per heavy atom. The van der Waals surface area contributed by atoms with Crippen molar-refractivity contribution in [2.45, 2.75) is 60.0 Å². The molecule has 0 aliphatic carbocycles. The number of anilines is 2. The lowest BCUT2D eigenvalue weighted by Gasteiger charge is -2.22. The number of pyridine rings is 1. The van der Waals surface area contributed by atoms with Crippen LogP contribution in [0.5, 0.6) is 11.5 Å². The Morgan fingerprint density at radius 3 is 2.41 bits per heavy atom. The first-order chi connectivity index (χ1) is 17.8. The van der Waals surface area contributed by atoms with E-state index in [1.807, 2.05) is 38.1 Å². The molecule has 0 saturated carbocycles. The Bertz CT molecular complexity index is 1210. The van der Waals surface area contributed by atoms with Gasteiger partial charge in [-0.05, 0) is 55.9 Å². The van der Waals surface area contributed by atoms with Crippen molar-refractivity contribution in [3.8, 4) is 11.5 Å². The van der Waals surface area contributed by atoms with Crippen LogP contribution < -0.4 is 25.8 Å². The molecule has 8 nitrogen and oxygen atoms in total. The summed E-state index contributed by atoms with van der Waals surface area (Å²) < 4.78 is 11.6. The highest BCUT2D eigenvalue weighted by Gasteiger charge is 2.19. The number of nitrogens with two attached hydrogens (primary N) is 1. The van der Waals surface area contributed by atoms with Crippen molar-refractivity contribution in [2.75, 3.05) is 25.1 Å². The summed E-state index contributed by atoms with van der Waals surface area (Å²) in [5.74, 6) is 1.10. The molecular weight excluding hydrogens is 468 g/mol. The van der Waals surface area contributed by atoms with Crippen molar-refractivity contribution in [2.24, 2.45) is 11.7 Å². The molecule has 0 unspecified atom stereocenters. The summed E-state index contributed by atoms with van der Waals surface area (Å²) in [5.41, 5.74) is 10.4. The van der Waals surface area contributed by atoms with Crippen LogP contribution in [0.25, 0.3) is 10.9 Å². The number of rotatable bonds is 14. The number of ether oxygens (including phenoxy) is 2. The molecule has 5 N–H and O–H groups in total. The Balaban J connectivity index is 2.06. The van der Waals surface area contributed by atoms with Crippen LogP contribution in [0.1, 0.15) is 62.5 Å². The van der Waals surface area contributed by atoms with Crippen molar-refractivity contribution >= 4 is 28.2 Å². The Kier molecular flexibility index (Phi) is 10.1. The molecule has 0 fully saturated rings. The second-order valence-corrected chi connectivity index (χ2v) is 9.40. The number of hydrogen-bond acceptors (Lipinski definition) is 7. The number of aliphatic hydroxyl groups is 1. The van der Waals surface area contributed by atoms with Crippen molar-refractivity contribution in [3.05, 3.63) is 53.2 Å². The summed E-state index contributed by atoms with van der Waals surface area (Å²) in [6, 6.07) is 9.77. The number of fused-ring (bicyclic) bond motifs is 1. The molecule has 1 heterocycles. The van der Waals surface area contributed by atoms with Crippen LogP contribution >= 0.6 is 0 Å². The summed E-state index contributed by atoms with van der Waals surface area (Å²) in [6.07, 6.45) is 3.17. The van der Waals surface area contributed by atoms with Gasteiger partial charge in [-0.3, -0.25) is 9.78 Å². The lowest BCUT2D eigenvalue weighted by Crippen LogP contribution is -2.33. The molecule has 200 valence electrons. The van der Waals surface area contributed by atoms with Crippen molar-refractivity contribution in [3.63, 3.8) is 0 Å². The van der Waals surface area contributed by atoms with Crippen LogP contribution in [0.3, 0.4) is 0 Å². The Morgan fingerprint density at radius 2 is 1.81 bits per heavy atom. The summed E-state index contributed by atoms with van der Waals surface area (Å²) in [4.78, 5) is 16.9. The van der Waals surface area contributed by atoms with Crippen LogP contribution in [-0.2, 0) is 13.0 Å². The zero-order valence-electron chi connectivity index (χ0n) is 22.6. The maximum atomic E-state index is 12.4. The number of benzene rings is 2. The fourth-order valence-electron chi connectivity index (χ4n) is 4.57. The zero-order chi connectivity index (χ0) is 26.9. The van der Waals surface area contributed by atoms with Crippen LogP contribution in [0, 0.1) is 5.92 Å². The highest BCUT2D eigenvalue weighted by Crippen LogP contribution is 2.38. The van der Waals surface area contributed by atoms with Gasteiger partial charge in [0.25, 0.3) is 5.91 Å². The van der Waals surface area contributed by atoms with E-state index in [0.717, 1.165) is 29.7 Å². The average molecular weight is 509 g/mol. The average Bonchev–Trinajstić information content (AvgIpc) is 2.87. The minimum absolute atomic E-state index is 0.0310. The van der Waals surface area contributed by atoms with Gasteiger partial charge in [0.15, 0.2) is 11.5 Å². The first-order valence-electron chi connectivity index (χ1n) is 13.1. The molecule has 0 radical (unpaired) electrons. The van der Waals surface area contributed by atoms with E-state index in [9.17, 15) is 9.90 Å². The van der Waals surface area contributed by atoms with E-state index in [4.69, 9.17) is 15.2 Å². The van der Waals surface area contributed by atoms with Crippen LogP contribution in [0.4, 0.5) is 11.4 Å². The smallest absolute Gasteiger partial charge is 0.252 e. The van der Waals surface area contributed by atoms with E-state index in [2.05, 4.69) is 42.5 Å². The third-order valence-corrected chi connectivity index (χ3v) is 6.24. The highest BCUT2D eigenvalue weighted by atomic mass is 16.5. The van der Waals surface area contributed by atoms with Gasteiger partial charge >= 0.3 is 0 Å². The molecule has 1 atom stereocenters. The van der Waals surface area contributed by atoms with Crippen LogP contribution in [0.15, 0.2) is 36.5 Å². The Hall–Kier alpha value is -3.36. The highest BCUT2D eigenvalue weighted by molar-refractivity contribution is 6.08. The summed E-state index contributed by atoms with van der Waals surface area (Å²) in [6.45, 7) is 11.9.